The monoisotopic (exact) mass is 1200 g/mol. The second kappa shape index (κ2) is 36.8. The number of nitrogens with zero attached hydrogens (tertiary/aromatic N) is 6. The number of rotatable bonds is 36. The molecule has 0 heterocycles. The molecule has 23 nitrogen and oxygen atoms in total. The highest BCUT2D eigenvalue weighted by atomic mass is 16.4. The third-order valence-corrected chi connectivity index (χ3v) is 16.0. The average molecular weight is 1200 g/mol. The maximum absolute atomic E-state index is 15.1. The Hall–Kier alpha value is -6.13. The van der Waals surface area contributed by atoms with Crippen molar-refractivity contribution in [3.63, 3.8) is 0 Å². The van der Waals surface area contributed by atoms with Crippen LogP contribution in [0.4, 0.5) is 0 Å². The van der Waals surface area contributed by atoms with Crippen molar-refractivity contribution in [2.75, 3.05) is 55.9 Å². The molecule has 23 heteroatoms. The van der Waals surface area contributed by atoms with Gasteiger partial charge in [-0.15, -0.1) is 0 Å². The van der Waals surface area contributed by atoms with E-state index in [-0.39, 0.29) is 67.1 Å². The van der Waals surface area contributed by atoms with Crippen LogP contribution >= 0.6 is 0 Å². The molecule has 0 saturated heterocycles. The molecule has 0 bridgehead atoms. The lowest BCUT2D eigenvalue weighted by atomic mass is 9.84. The molecule has 0 aromatic rings. The Bertz CT molecular complexity index is 2270. The average Bonchev–Trinajstić information content (AvgIpc) is 2.33. The number of carbonyl (C=O) groups excluding carboxylic acids is 10. The highest BCUT2D eigenvalue weighted by Gasteiger charge is 2.45. The maximum atomic E-state index is 15.1. The van der Waals surface area contributed by atoms with E-state index in [2.05, 4.69) is 26.6 Å². The number of carboxylic acid groups (broad SMARTS) is 1. The molecule has 0 unspecified atom stereocenters. The standard InChI is InChI=1S/C62H113N11O12/c1-26-28-29-40(15)41(16)52(56(79)66-44(27-2)58(81)68(20)33-48(74)75)73(25)62(85)51(39(13)14)72(24)60(83)47(32-36(7)8)71(23)59(82)46(31-35(5)6)70(22)57(80)43(18)65-53(76)42(17)64-54(77)45(30-34(3)4)69(21)61(84)50(38(11)12)67-55(78)49(63-19)37(9)10/h26,28,34-47,49-52,63H,27,29-33H2,1-25H3,(H,64,77)(H,65,76)(H,66,79)(H,67,78)(H,74,75)/b28-26+/t40-,41-,42+,43-,44+,45+,46+,47+,49+,50+,51+,52+/m1/s1. The van der Waals surface area contributed by atoms with Crippen LogP contribution in [0.25, 0.3) is 0 Å². The van der Waals surface area contributed by atoms with Crippen molar-refractivity contribution in [1.82, 2.24) is 56.0 Å². The van der Waals surface area contributed by atoms with E-state index in [1.54, 1.807) is 41.7 Å². The minimum absolute atomic E-state index is 0.0572. The zero-order valence-corrected chi connectivity index (χ0v) is 56.4. The van der Waals surface area contributed by atoms with Crippen molar-refractivity contribution >= 4 is 65.0 Å². The van der Waals surface area contributed by atoms with Crippen LogP contribution in [0.15, 0.2) is 12.2 Å². The summed E-state index contributed by atoms with van der Waals surface area (Å²) in [5, 5.41) is 23.4. The lowest BCUT2D eigenvalue weighted by Crippen LogP contribution is -2.62. The minimum Gasteiger partial charge on any atom is -0.480 e. The first-order chi connectivity index (χ1) is 39.2. The quantitative estimate of drug-likeness (QED) is 0.0485. The van der Waals surface area contributed by atoms with Gasteiger partial charge in [-0.25, -0.2) is 0 Å². The third-order valence-electron chi connectivity index (χ3n) is 16.0. The van der Waals surface area contributed by atoms with Gasteiger partial charge in [-0.05, 0) is 107 Å². The first-order valence-electron chi connectivity index (χ1n) is 30.5. The maximum Gasteiger partial charge on any atom is 0.323 e. The Morgan fingerprint density at radius 3 is 1.31 bits per heavy atom. The molecule has 0 aliphatic rings. The van der Waals surface area contributed by atoms with Crippen LogP contribution in [0.3, 0.4) is 0 Å². The Morgan fingerprint density at radius 1 is 0.447 bits per heavy atom. The van der Waals surface area contributed by atoms with Gasteiger partial charge in [0, 0.05) is 42.3 Å². The van der Waals surface area contributed by atoms with Crippen LogP contribution in [0, 0.1) is 47.3 Å². The number of carboxylic acids is 1. The summed E-state index contributed by atoms with van der Waals surface area (Å²) in [5.41, 5.74) is 0. The molecule has 0 aromatic heterocycles. The number of hydrogen-bond acceptors (Lipinski definition) is 12. The van der Waals surface area contributed by atoms with Crippen molar-refractivity contribution < 1.29 is 57.8 Å². The smallest absolute Gasteiger partial charge is 0.323 e. The predicted molar refractivity (Wildman–Crippen MR) is 331 cm³/mol. The second-order valence-corrected chi connectivity index (χ2v) is 25.7. The largest absolute Gasteiger partial charge is 0.480 e. The Kier molecular flexibility index (Phi) is 34.1. The van der Waals surface area contributed by atoms with E-state index in [1.165, 1.54) is 80.6 Å². The van der Waals surface area contributed by atoms with Crippen LogP contribution in [-0.2, 0) is 52.7 Å². The summed E-state index contributed by atoms with van der Waals surface area (Å²) < 4.78 is 0. The molecule has 85 heavy (non-hydrogen) atoms. The van der Waals surface area contributed by atoms with E-state index < -0.39 is 138 Å². The summed E-state index contributed by atoms with van der Waals surface area (Å²) in [7, 11) is 10.4. The first-order valence-corrected chi connectivity index (χ1v) is 30.5. The van der Waals surface area contributed by atoms with Crippen LogP contribution in [-0.4, -0.2) is 216 Å². The molecule has 0 radical (unpaired) electrons. The van der Waals surface area contributed by atoms with Gasteiger partial charge in [0.25, 0.3) is 0 Å². The highest BCUT2D eigenvalue weighted by molar-refractivity contribution is 5.99. The summed E-state index contributed by atoms with van der Waals surface area (Å²) >= 11 is 0. The van der Waals surface area contributed by atoms with Crippen LogP contribution in [0.5, 0.6) is 0 Å². The number of amides is 10. The van der Waals surface area contributed by atoms with E-state index in [4.69, 9.17) is 0 Å². The fourth-order valence-electron chi connectivity index (χ4n) is 10.6. The van der Waals surface area contributed by atoms with Crippen LogP contribution in [0.1, 0.15) is 157 Å². The van der Waals surface area contributed by atoms with E-state index in [9.17, 15) is 48.3 Å². The van der Waals surface area contributed by atoms with E-state index >= 15 is 9.59 Å². The number of aliphatic carboxylic acids is 1. The molecule has 0 fully saturated rings. The van der Waals surface area contributed by atoms with Gasteiger partial charge in [-0.3, -0.25) is 52.7 Å². The van der Waals surface area contributed by atoms with Gasteiger partial charge in [0.1, 0.15) is 60.9 Å². The summed E-state index contributed by atoms with van der Waals surface area (Å²) in [5.74, 6) is -8.80. The Balaban J connectivity index is 6.97. The van der Waals surface area contributed by atoms with Crippen molar-refractivity contribution in [3.8, 4) is 0 Å². The molecule has 0 spiro atoms. The lowest BCUT2D eigenvalue weighted by molar-refractivity contribution is -0.156. The zero-order valence-electron chi connectivity index (χ0n) is 56.4. The highest BCUT2D eigenvalue weighted by Crippen LogP contribution is 2.27. The van der Waals surface area contributed by atoms with Crippen molar-refractivity contribution in [2.24, 2.45) is 47.3 Å². The van der Waals surface area contributed by atoms with Crippen LogP contribution < -0.4 is 26.6 Å². The molecule has 0 aromatic carbocycles. The van der Waals surface area contributed by atoms with Gasteiger partial charge in [0.05, 0.1) is 6.04 Å². The molecule has 0 rings (SSSR count). The van der Waals surface area contributed by atoms with Gasteiger partial charge in [0.15, 0.2) is 0 Å². The Labute approximate surface area is 509 Å². The normalized spacial score (nSPS) is 16.0. The van der Waals surface area contributed by atoms with Gasteiger partial charge in [-0.2, -0.15) is 0 Å². The predicted octanol–water partition coefficient (Wildman–Crippen LogP) is 3.99. The molecule has 488 valence electrons. The fourth-order valence-corrected chi connectivity index (χ4v) is 10.6. The Morgan fingerprint density at radius 2 is 0.882 bits per heavy atom. The molecule has 0 aliphatic carbocycles. The summed E-state index contributed by atoms with van der Waals surface area (Å²) in [4.78, 5) is 161. The number of nitrogens with one attached hydrogen (secondary N) is 5. The van der Waals surface area contributed by atoms with Crippen LogP contribution in [0.2, 0.25) is 0 Å². The SMILES string of the molecule is C/C=C/C[C@@H](C)[C@@H](C)[C@@H](C(=O)N[C@@H](CC)C(=O)N(C)CC(=O)O)N(C)C(=O)[C@H](C(C)C)N(C)C(=O)[C@H](CC(C)C)N(C)C(=O)[C@H](CC(C)C)N(C)C(=O)[C@@H](C)NC(=O)[C@H](C)NC(=O)[C@H](CC(C)C)N(C)C(=O)[C@@H](NC(=O)[C@@H](NC)C(C)C)C(C)C. The molecule has 0 aliphatic heterocycles. The van der Waals surface area contributed by atoms with Gasteiger partial charge in [-0.1, -0.05) is 116 Å². The minimum atomic E-state index is -1.22. The van der Waals surface area contributed by atoms with Gasteiger partial charge >= 0.3 is 5.97 Å². The molecule has 0 saturated carbocycles. The first kappa shape index (κ1) is 78.9. The molecular weight excluding hydrogens is 1090 g/mol. The second-order valence-electron chi connectivity index (χ2n) is 25.7. The topological polar surface area (TPSA) is 288 Å². The van der Waals surface area contributed by atoms with Crippen molar-refractivity contribution in [1.29, 1.82) is 0 Å². The number of carbonyl (C=O) groups is 11. The summed E-state index contributed by atoms with van der Waals surface area (Å²) in [6.07, 6.45) is 5.12. The number of allylic oxidation sites excluding steroid dienone is 2. The molecule has 10 amide bonds. The van der Waals surface area contributed by atoms with E-state index in [1.807, 2.05) is 88.3 Å². The van der Waals surface area contributed by atoms with Gasteiger partial charge < -0.3 is 61.1 Å². The van der Waals surface area contributed by atoms with Crippen molar-refractivity contribution in [2.45, 2.75) is 217 Å². The zero-order chi connectivity index (χ0) is 66.4. The lowest BCUT2D eigenvalue weighted by Gasteiger charge is -2.42. The van der Waals surface area contributed by atoms with E-state index in [0.29, 0.717) is 6.42 Å². The van der Waals surface area contributed by atoms with Crippen molar-refractivity contribution in [3.05, 3.63) is 12.2 Å². The molecule has 12 atom stereocenters. The fraction of sp³-hybridized carbons (Fsp3) is 0.790. The number of hydrogen-bond donors (Lipinski definition) is 6. The summed E-state index contributed by atoms with van der Waals surface area (Å²) in [6.45, 7) is 31.9. The molecule has 6 N–H and O–H groups in total. The summed E-state index contributed by atoms with van der Waals surface area (Å²) in [6, 6.07) is -10.6. The molecular formula is C62H113N11O12. The van der Waals surface area contributed by atoms with Gasteiger partial charge in [0.2, 0.25) is 59.1 Å². The van der Waals surface area contributed by atoms with E-state index in [0.717, 1.165) is 4.90 Å². The number of likely N-dealkylation sites (N-methyl/N-ethyl adjacent to an activating group) is 7. The third kappa shape index (κ3) is 23.6.